The van der Waals surface area contributed by atoms with Crippen molar-refractivity contribution in [1.82, 2.24) is 0 Å². The van der Waals surface area contributed by atoms with Crippen LogP contribution in [0.2, 0.25) is 0 Å². The molecule has 0 fully saturated rings. The summed E-state index contributed by atoms with van der Waals surface area (Å²) in [5.41, 5.74) is 1.04. The molecule has 3 heteroatoms. The van der Waals surface area contributed by atoms with Crippen molar-refractivity contribution in [2.75, 3.05) is 0 Å². The van der Waals surface area contributed by atoms with E-state index in [0.717, 1.165) is 5.56 Å². The van der Waals surface area contributed by atoms with Gasteiger partial charge in [0.15, 0.2) is 0 Å². The molecule has 1 rings (SSSR count). The SMILES string of the molecule is O[B]O/C=C/c1ccccc1. The van der Waals surface area contributed by atoms with E-state index in [0.29, 0.717) is 7.69 Å². The lowest BCUT2D eigenvalue weighted by Crippen LogP contribution is -1.86. The van der Waals surface area contributed by atoms with Gasteiger partial charge in [-0.25, -0.2) is 0 Å². The Labute approximate surface area is 66.4 Å². The molecule has 0 atom stereocenters. The molecule has 0 aliphatic carbocycles. The van der Waals surface area contributed by atoms with E-state index >= 15 is 0 Å². The summed E-state index contributed by atoms with van der Waals surface area (Å²) < 4.78 is 4.49. The monoisotopic (exact) mass is 147 g/mol. The summed E-state index contributed by atoms with van der Waals surface area (Å²) in [6.45, 7) is 0. The van der Waals surface area contributed by atoms with Crippen LogP contribution in [0.25, 0.3) is 6.08 Å². The fourth-order valence-electron chi connectivity index (χ4n) is 0.717. The van der Waals surface area contributed by atoms with E-state index in [1.54, 1.807) is 6.08 Å². The highest BCUT2D eigenvalue weighted by Gasteiger charge is 1.82. The van der Waals surface area contributed by atoms with Gasteiger partial charge < -0.3 is 9.68 Å². The van der Waals surface area contributed by atoms with Gasteiger partial charge in [0.1, 0.15) is 0 Å². The van der Waals surface area contributed by atoms with Gasteiger partial charge in [-0.2, -0.15) is 0 Å². The summed E-state index contributed by atoms with van der Waals surface area (Å²) in [7, 11) is 0.638. The number of benzene rings is 1. The molecule has 11 heavy (non-hydrogen) atoms. The quantitative estimate of drug-likeness (QED) is 0.514. The van der Waals surface area contributed by atoms with Crippen LogP contribution in [0.5, 0.6) is 0 Å². The van der Waals surface area contributed by atoms with Gasteiger partial charge in [0.25, 0.3) is 0 Å². The first-order valence-electron chi connectivity index (χ1n) is 3.26. The van der Waals surface area contributed by atoms with E-state index in [4.69, 9.17) is 5.02 Å². The van der Waals surface area contributed by atoms with Crippen LogP contribution in [0, 0.1) is 0 Å². The van der Waals surface area contributed by atoms with Crippen molar-refractivity contribution in [3.63, 3.8) is 0 Å². The third-order valence-corrected chi connectivity index (χ3v) is 1.20. The first kappa shape index (κ1) is 7.89. The van der Waals surface area contributed by atoms with E-state index in [-0.39, 0.29) is 0 Å². The molecule has 55 valence electrons. The Hall–Kier alpha value is -1.22. The van der Waals surface area contributed by atoms with Crippen LogP contribution in [0.1, 0.15) is 5.56 Å². The molecule has 0 bridgehead atoms. The highest BCUT2D eigenvalue weighted by atomic mass is 16.5. The Balaban J connectivity index is 2.50. The number of rotatable bonds is 3. The number of hydrogen-bond donors (Lipinski definition) is 1. The second kappa shape index (κ2) is 4.58. The van der Waals surface area contributed by atoms with Crippen molar-refractivity contribution in [3.8, 4) is 0 Å². The zero-order valence-electron chi connectivity index (χ0n) is 5.97. The maximum Gasteiger partial charge on any atom is 0.569 e. The molecule has 1 N–H and O–H groups in total. The summed E-state index contributed by atoms with van der Waals surface area (Å²) in [6.07, 6.45) is 3.17. The van der Waals surface area contributed by atoms with Crippen LogP contribution >= 0.6 is 0 Å². The van der Waals surface area contributed by atoms with Gasteiger partial charge in [0.05, 0.1) is 6.26 Å². The van der Waals surface area contributed by atoms with Gasteiger partial charge in [-0.3, -0.25) is 0 Å². The van der Waals surface area contributed by atoms with E-state index in [1.165, 1.54) is 6.26 Å². The summed E-state index contributed by atoms with van der Waals surface area (Å²) in [5.74, 6) is 0. The zero-order chi connectivity index (χ0) is 7.94. The fourth-order valence-corrected chi connectivity index (χ4v) is 0.717. The molecule has 1 aromatic rings. The molecule has 2 nitrogen and oxygen atoms in total. The summed E-state index contributed by atoms with van der Waals surface area (Å²) in [5, 5.41) is 8.15. The lowest BCUT2D eigenvalue weighted by atomic mass is 10.2. The average Bonchev–Trinajstić information content (AvgIpc) is 2.07. The van der Waals surface area contributed by atoms with Crippen LogP contribution in [-0.4, -0.2) is 12.7 Å². The van der Waals surface area contributed by atoms with E-state index in [2.05, 4.69) is 4.65 Å². The third kappa shape index (κ3) is 2.91. The summed E-state index contributed by atoms with van der Waals surface area (Å²) >= 11 is 0. The molecule has 0 unspecified atom stereocenters. The number of hydrogen-bond acceptors (Lipinski definition) is 2. The van der Waals surface area contributed by atoms with Crippen molar-refractivity contribution in [1.29, 1.82) is 0 Å². The average molecular weight is 147 g/mol. The fraction of sp³-hybridized carbons (Fsp3) is 0. The lowest BCUT2D eigenvalue weighted by molar-refractivity contribution is 0.408. The minimum atomic E-state index is 0.638. The molecule has 0 aromatic heterocycles. The maximum absolute atomic E-state index is 8.15. The van der Waals surface area contributed by atoms with E-state index in [9.17, 15) is 0 Å². The zero-order valence-corrected chi connectivity index (χ0v) is 5.97. The molecule has 0 saturated heterocycles. The predicted octanol–water partition coefficient (Wildman–Crippen LogP) is 1.20. The minimum Gasteiger partial charge on any atom is -0.543 e. The molecule has 0 spiro atoms. The second-order valence-corrected chi connectivity index (χ2v) is 1.95. The summed E-state index contributed by atoms with van der Waals surface area (Å²) in [4.78, 5) is 0. The Kier molecular flexibility index (Phi) is 3.28. The minimum absolute atomic E-state index is 0.638. The predicted molar refractivity (Wildman–Crippen MR) is 44.5 cm³/mol. The topological polar surface area (TPSA) is 29.5 Å². The Morgan fingerprint density at radius 2 is 2.00 bits per heavy atom. The molecule has 0 amide bonds. The van der Waals surface area contributed by atoms with Gasteiger partial charge in [0.2, 0.25) is 0 Å². The second-order valence-electron chi connectivity index (χ2n) is 1.95. The smallest absolute Gasteiger partial charge is 0.543 e. The third-order valence-electron chi connectivity index (χ3n) is 1.20. The van der Waals surface area contributed by atoms with Crippen LogP contribution < -0.4 is 0 Å². The van der Waals surface area contributed by atoms with E-state index < -0.39 is 0 Å². The van der Waals surface area contributed by atoms with E-state index in [1.807, 2.05) is 30.3 Å². The van der Waals surface area contributed by atoms with Crippen LogP contribution in [0.15, 0.2) is 36.6 Å². The van der Waals surface area contributed by atoms with Crippen LogP contribution in [0.3, 0.4) is 0 Å². The molecule has 0 aliphatic heterocycles. The Morgan fingerprint density at radius 1 is 1.27 bits per heavy atom. The molecule has 0 aliphatic rings. The summed E-state index contributed by atoms with van der Waals surface area (Å²) in [6, 6.07) is 9.69. The van der Waals surface area contributed by atoms with Crippen molar-refractivity contribution < 1.29 is 9.68 Å². The molecular weight excluding hydrogens is 139 g/mol. The van der Waals surface area contributed by atoms with Crippen LogP contribution in [0.4, 0.5) is 0 Å². The lowest BCUT2D eigenvalue weighted by Gasteiger charge is -1.91. The van der Waals surface area contributed by atoms with Gasteiger partial charge in [-0.05, 0) is 11.6 Å². The molecular formula is C8H8BO2. The van der Waals surface area contributed by atoms with Crippen molar-refractivity contribution in [2.24, 2.45) is 0 Å². The molecule has 0 heterocycles. The maximum atomic E-state index is 8.15. The highest BCUT2D eigenvalue weighted by molar-refractivity contribution is 6.16. The first-order valence-corrected chi connectivity index (χ1v) is 3.26. The molecule has 0 saturated carbocycles. The Morgan fingerprint density at radius 3 is 2.64 bits per heavy atom. The molecule has 1 radical (unpaired) electrons. The van der Waals surface area contributed by atoms with Gasteiger partial charge in [0, 0.05) is 0 Å². The van der Waals surface area contributed by atoms with Gasteiger partial charge in [-0.1, -0.05) is 30.3 Å². The van der Waals surface area contributed by atoms with Crippen molar-refractivity contribution in [2.45, 2.75) is 0 Å². The Bertz CT molecular complexity index is 221. The van der Waals surface area contributed by atoms with Crippen molar-refractivity contribution in [3.05, 3.63) is 42.2 Å². The van der Waals surface area contributed by atoms with Gasteiger partial charge in [-0.15, -0.1) is 0 Å². The van der Waals surface area contributed by atoms with Crippen LogP contribution in [-0.2, 0) is 4.65 Å². The van der Waals surface area contributed by atoms with Crippen molar-refractivity contribution >= 4 is 13.8 Å². The highest BCUT2D eigenvalue weighted by Crippen LogP contribution is 2.00. The molecule has 1 aromatic carbocycles. The first-order chi connectivity index (χ1) is 5.43. The standard InChI is InChI=1S/C8H8BO2/c10-9-11-7-6-8-4-2-1-3-5-8/h1-7,10H/b7-6+. The van der Waals surface area contributed by atoms with Gasteiger partial charge >= 0.3 is 7.69 Å². The largest absolute Gasteiger partial charge is 0.569 e. The normalized spacial score (nSPS) is 9.91.